The molecule has 3 unspecified atom stereocenters. The number of ether oxygens (including phenoxy) is 1. The van der Waals surface area contributed by atoms with E-state index >= 15 is 0 Å². The number of nitrogens with zero attached hydrogens (tertiary/aromatic N) is 4. The molecular formula is C18H24N4O2. The molecule has 3 heterocycles. The molecule has 2 saturated heterocycles. The van der Waals surface area contributed by atoms with E-state index in [0.717, 1.165) is 37.3 Å². The zero-order valence-electron chi connectivity index (χ0n) is 13.8. The van der Waals surface area contributed by atoms with Crippen LogP contribution in [0.15, 0.2) is 36.5 Å². The lowest BCUT2D eigenvalue weighted by atomic mass is 9.89. The van der Waals surface area contributed by atoms with Crippen molar-refractivity contribution in [1.29, 1.82) is 0 Å². The van der Waals surface area contributed by atoms with E-state index < -0.39 is 0 Å². The van der Waals surface area contributed by atoms with Crippen LogP contribution in [-0.2, 0) is 11.3 Å². The quantitative estimate of drug-likeness (QED) is 0.924. The number of hydrogen-bond donors (Lipinski definition) is 1. The first-order valence-electron chi connectivity index (χ1n) is 8.78. The van der Waals surface area contributed by atoms with Crippen LogP contribution in [0.5, 0.6) is 0 Å². The van der Waals surface area contributed by atoms with Crippen LogP contribution in [0.4, 0.5) is 0 Å². The van der Waals surface area contributed by atoms with Crippen molar-refractivity contribution in [3.05, 3.63) is 42.2 Å². The molecule has 0 amide bonds. The third-order valence-electron chi connectivity index (χ3n) is 5.16. The zero-order valence-corrected chi connectivity index (χ0v) is 13.8. The van der Waals surface area contributed by atoms with Crippen LogP contribution < -0.4 is 0 Å². The van der Waals surface area contributed by atoms with E-state index in [-0.39, 0.29) is 12.0 Å². The number of aromatic nitrogens is 3. The highest BCUT2D eigenvalue weighted by molar-refractivity contribution is 5.28. The normalized spacial score (nSPS) is 28.3. The molecule has 0 spiro atoms. The van der Waals surface area contributed by atoms with Crippen molar-refractivity contribution in [3.8, 4) is 5.69 Å². The molecule has 24 heavy (non-hydrogen) atoms. The first kappa shape index (κ1) is 15.7. The molecule has 2 aliphatic heterocycles. The predicted molar refractivity (Wildman–Crippen MR) is 89.7 cm³/mol. The Morgan fingerprint density at radius 1 is 1.21 bits per heavy atom. The Labute approximate surface area is 142 Å². The molecule has 2 aromatic rings. The standard InChI is InChI=1S/C18H24N4O2/c23-18-8-10-24-13-16(18)17-7-4-9-21(17)12-14-11-19-22(20-14)15-5-2-1-3-6-15/h1-3,5-6,11,16-18,23H,4,7-10,12-13H2. The highest BCUT2D eigenvalue weighted by atomic mass is 16.5. The molecule has 1 aromatic heterocycles. The van der Waals surface area contributed by atoms with Crippen molar-refractivity contribution in [2.45, 2.75) is 38.0 Å². The third kappa shape index (κ3) is 3.22. The van der Waals surface area contributed by atoms with E-state index in [2.05, 4.69) is 15.1 Å². The minimum atomic E-state index is -0.246. The summed E-state index contributed by atoms with van der Waals surface area (Å²) in [5.41, 5.74) is 1.94. The summed E-state index contributed by atoms with van der Waals surface area (Å²) >= 11 is 0. The van der Waals surface area contributed by atoms with Gasteiger partial charge in [-0.05, 0) is 37.9 Å². The average molecular weight is 328 g/mol. The van der Waals surface area contributed by atoms with Gasteiger partial charge in [-0.3, -0.25) is 4.90 Å². The summed E-state index contributed by atoms with van der Waals surface area (Å²) in [6.07, 6.45) is 4.64. The van der Waals surface area contributed by atoms with Crippen LogP contribution >= 0.6 is 0 Å². The third-order valence-corrected chi connectivity index (χ3v) is 5.16. The smallest absolute Gasteiger partial charge is 0.0971 e. The van der Waals surface area contributed by atoms with E-state index in [1.54, 1.807) is 4.80 Å². The molecule has 2 aliphatic rings. The molecule has 3 atom stereocenters. The Morgan fingerprint density at radius 3 is 2.92 bits per heavy atom. The van der Waals surface area contributed by atoms with E-state index in [4.69, 9.17) is 4.74 Å². The summed E-state index contributed by atoms with van der Waals surface area (Å²) in [5, 5.41) is 19.3. The lowest BCUT2D eigenvalue weighted by molar-refractivity contribution is -0.0637. The van der Waals surface area contributed by atoms with Gasteiger partial charge >= 0.3 is 0 Å². The first-order valence-corrected chi connectivity index (χ1v) is 8.78. The maximum Gasteiger partial charge on any atom is 0.0971 e. The van der Waals surface area contributed by atoms with Crippen molar-refractivity contribution in [1.82, 2.24) is 19.9 Å². The van der Waals surface area contributed by atoms with Crippen LogP contribution in [-0.4, -0.2) is 56.9 Å². The second-order valence-corrected chi connectivity index (χ2v) is 6.74. The summed E-state index contributed by atoms with van der Waals surface area (Å²) < 4.78 is 5.61. The molecule has 0 aliphatic carbocycles. The van der Waals surface area contributed by atoms with Crippen LogP contribution in [0.3, 0.4) is 0 Å². The van der Waals surface area contributed by atoms with Crippen LogP contribution in [0.25, 0.3) is 5.69 Å². The van der Waals surface area contributed by atoms with Crippen molar-refractivity contribution >= 4 is 0 Å². The van der Waals surface area contributed by atoms with Gasteiger partial charge in [-0.15, -0.1) is 0 Å². The summed E-state index contributed by atoms with van der Waals surface area (Å²) in [6.45, 7) is 3.17. The lowest BCUT2D eigenvalue weighted by Crippen LogP contribution is -2.45. The minimum Gasteiger partial charge on any atom is -0.393 e. The molecule has 128 valence electrons. The number of para-hydroxylation sites is 1. The summed E-state index contributed by atoms with van der Waals surface area (Å²) in [4.78, 5) is 4.11. The molecule has 0 bridgehead atoms. The van der Waals surface area contributed by atoms with Gasteiger partial charge in [0.1, 0.15) is 0 Å². The maximum absolute atomic E-state index is 10.3. The number of likely N-dealkylation sites (tertiary alicyclic amines) is 1. The van der Waals surface area contributed by atoms with Crippen molar-refractivity contribution in [3.63, 3.8) is 0 Å². The molecule has 6 heteroatoms. The summed E-state index contributed by atoms with van der Waals surface area (Å²) in [5.74, 6) is 0.213. The predicted octanol–water partition coefficient (Wildman–Crippen LogP) is 1.63. The largest absolute Gasteiger partial charge is 0.393 e. The molecule has 4 rings (SSSR count). The Hall–Kier alpha value is -1.76. The molecule has 1 aromatic carbocycles. The highest BCUT2D eigenvalue weighted by Gasteiger charge is 2.37. The number of benzene rings is 1. The van der Waals surface area contributed by atoms with Crippen LogP contribution in [0.2, 0.25) is 0 Å². The van der Waals surface area contributed by atoms with E-state index in [1.807, 2.05) is 36.5 Å². The molecule has 2 fully saturated rings. The SMILES string of the molecule is OC1CCOCC1C1CCCN1Cc1cnn(-c2ccccc2)n1. The maximum atomic E-state index is 10.3. The monoisotopic (exact) mass is 328 g/mol. The van der Waals surface area contributed by atoms with Gasteiger partial charge in [0, 0.05) is 25.1 Å². The molecular weight excluding hydrogens is 304 g/mol. The fourth-order valence-corrected chi connectivity index (χ4v) is 3.91. The lowest BCUT2D eigenvalue weighted by Gasteiger charge is -2.36. The van der Waals surface area contributed by atoms with Gasteiger partial charge in [0.25, 0.3) is 0 Å². The first-order chi connectivity index (χ1) is 11.8. The number of rotatable bonds is 4. The molecule has 6 nitrogen and oxygen atoms in total. The van der Waals surface area contributed by atoms with E-state index in [9.17, 15) is 5.11 Å². The Morgan fingerprint density at radius 2 is 2.08 bits per heavy atom. The molecule has 1 N–H and O–H groups in total. The van der Waals surface area contributed by atoms with E-state index in [0.29, 0.717) is 19.3 Å². The molecule has 0 radical (unpaired) electrons. The average Bonchev–Trinajstić information content (AvgIpc) is 3.26. The van der Waals surface area contributed by atoms with Crippen molar-refractivity contribution in [2.24, 2.45) is 5.92 Å². The Kier molecular flexibility index (Phi) is 4.60. The van der Waals surface area contributed by atoms with Crippen LogP contribution in [0.1, 0.15) is 25.0 Å². The van der Waals surface area contributed by atoms with Crippen LogP contribution in [0, 0.1) is 5.92 Å². The number of aliphatic hydroxyl groups excluding tert-OH is 1. The van der Waals surface area contributed by atoms with Gasteiger partial charge in [0.15, 0.2) is 0 Å². The van der Waals surface area contributed by atoms with Gasteiger partial charge in [-0.2, -0.15) is 15.0 Å². The second kappa shape index (κ2) is 7.01. The second-order valence-electron chi connectivity index (χ2n) is 6.74. The van der Waals surface area contributed by atoms with Gasteiger partial charge in [-0.1, -0.05) is 18.2 Å². The summed E-state index contributed by atoms with van der Waals surface area (Å²) in [6, 6.07) is 10.3. The Bertz CT molecular complexity index is 660. The Balaban J connectivity index is 1.45. The van der Waals surface area contributed by atoms with Gasteiger partial charge in [0.2, 0.25) is 0 Å². The van der Waals surface area contributed by atoms with Crippen molar-refractivity contribution < 1.29 is 9.84 Å². The number of aliphatic hydroxyl groups is 1. The zero-order chi connectivity index (χ0) is 16.4. The fourth-order valence-electron chi connectivity index (χ4n) is 3.91. The van der Waals surface area contributed by atoms with Crippen molar-refractivity contribution in [2.75, 3.05) is 19.8 Å². The van der Waals surface area contributed by atoms with Gasteiger partial charge < -0.3 is 9.84 Å². The van der Waals surface area contributed by atoms with Gasteiger partial charge in [-0.25, -0.2) is 0 Å². The number of hydrogen-bond acceptors (Lipinski definition) is 5. The highest BCUT2D eigenvalue weighted by Crippen LogP contribution is 2.30. The minimum absolute atomic E-state index is 0.213. The molecule has 0 saturated carbocycles. The van der Waals surface area contributed by atoms with E-state index in [1.165, 1.54) is 6.42 Å². The topological polar surface area (TPSA) is 63.4 Å². The van der Waals surface area contributed by atoms with Gasteiger partial charge in [0.05, 0.1) is 30.3 Å². The fraction of sp³-hybridized carbons (Fsp3) is 0.556. The summed E-state index contributed by atoms with van der Waals surface area (Å²) in [7, 11) is 0.